The first-order chi connectivity index (χ1) is 9.97. The van der Waals surface area contributed by atoms with Crippen LogP contribution in [0.3, 0.4) is 0 Å². The highest BCUT2D eigenvalue weighted by atomic mass is 79.9. The first-order valence-corrected chi connectivity index (χ1v) is 7.30. The fraction of sp³-hybridized carbons (Fsp3) is 0.400. The topological polar surface area (TPSA) is 65.0 Å². The summed E-state index contributed by atoms with van der Waals surface area (Å²) in [5, 5.41) is 8.68. The molecule has 1 unspecified atom stereocenters. The molecule has 0 aliphatic carbocycles. The van der Waals surface area contributed by atoms with Gasteiger partial charge < -0.3 is 19.3 Å². The van der Waals surface area contributed by atoms with Crippen molar-refractivity contribution in [3.05, 3.63) is 28.2 Å². The van der Waals surface area contributed by atoms with Crippen LogP contribution in [0.25, 0.3) is 6.08 Å². The number of benzene rings is 1. The molecule has 1 rings (SSSR count). The van der Waals surface area contributed by atoms with E-state index in [0.29, 0.717) is 34.7 Å². The van der Waals surface area contributed by atoms with Crippen LogP contribution < -0.4 is 9.47 Å². The molecule has 0 saturated heterocycles. The van der Waals surface area contributed by atoms with Gasteiger partial charge in [0.1, 0.15) is 6.10 Å². The van der Waals surface area contributed by atoms with Crippen molar-refractivity contribution in [2.45, 2.75) is 20.0 Å². The molecular weight excluding hydrogens is 340 g/mol. The minimum absolute atomic E-state index is 0.133. The molecule has 0 heterocycles. The van der Waals surface area contributed by atoms with Crippen LogP contribution >= 0.6 is 15.9 Å². The predicted octanol–water partition coefficient (Wildman–Crippen LogP) is 3.36. The molecule has 5 nitrogen and oxygen atoms in total. The first kappa shape index (κ1) is 17.5. The van der Waals surface area contributed by atoms with E-state index >= 15 is 0 Å². The maximum Gasteiger partial charge on any atom is 0.328 e. The molecule has 6 heteroatoms. The fourth-order valence-corrected chi connectivity index (χ4v) is 2.25. The van der Waals surface area contributed by atoms with Gasteiger partial charge >= 0.3 is 5.97 Å². The Labute approximate surface area is 132 Å². The van der Waals surface area contributed by atoms with Crippen LogP contribution in [0.2, 0.25) is 0 Å². The van der Waals surface area contributed by atoms with Gasteiger partial charge in [0.05, 0.1) is 17.7 Å². The third-order valence-corrected chi connectivity index (χ3v) is 3.06. The lowest BCUT2D eigenvalue weighted by molar-refractivity contribution is -0.131. The van der Waals surface area contributed by atoms with Crippen LogP contribution in [0.5, 0.6) is 11.5 Å². The van der Waals surface area contributed by atoms with E-state index in [2.05, 4.69) is 15.9 Å². The number of ether oxygens (including phenoxy) is 3. The number of carboxylic acids is 1. The summed E-state index contributed by atoms with van der Waals surface area (Å²) >= 11 is 3.43. The Morgan fingerprint density at radius 3 is 2.76 bits per heavy atom. The standard InChI is InChI=1S/C15H19BrO5/c1-4-20-13-8-11(5-6-14(17)18)7-12(16)15(13)21-10(2)9-19-3/h5-8,10H,4,9H2,1-3H3,(H,17,18). The van der Waals surface area contributed by atoms with E-state index in [0.717, 1.165) is 6.08 Å². The van der Waals surface area contributed by atoms with Crippen molar-refractivity contribution < 1.29 is 24.1 Å². The van der Waals surface area contributed by atoms with Gasteiger partial charge in [0, 0.05) is 13.2 Å². The molecule has 0 spiro atoms. The summed E-state index contributed by atoms with van der Waals surface area (Å²) in [5.41, 5.74) is 0.708. The normalized spacial score (nSPS) is 12.4. The number of hydrogen-bond donors (Lipinski definition) is 1. The molecule has 0 aliphatic rings. The van der Waals surface area contributed by atoms with Crippen molar-refractivity contribution in [1.29, 1.82) is 0 Å². The van der Waals surface area contributed by atoms with Crippen LogP contribution in [-0.2, 0) is 9.53 Å². The van der Waals surface area contributed by atoms with E-state index in [1.165, 1.54) is 6.08 Å². The molecule has 1 aromatic rings. The van der Waals surface area contributed by atoms with Crippen LogP contribution in [0.1, 0.15) is 19.4 Å². The summed E-state index contributed by atoms with van der Waals surface area (Å²) in [7, 11) is 1.61. The summed E-state index contributed by atoms with van der Waals surface area (Å²) in [6.07, 6.45) is 2.44. The number of hydrogen-bond acceptors (Lipinski definition) is 4. The number of aliphatic carboxylic acids is 1. The van der Waals surface area contributed by atoms with E-state index in [-0.39, 0.29) is 6.10 Å². The lowest BCUT2D eigenvalue weighted by atomic mass is 10.2. The molecule has 0 aromatic heterocycles. The Kier molecular flexibility index (Phi) is 7.25. The second-order valence-corrected chi connectivity index (χ2v) is 5.17. The molecule has 0 saturated carbocycles. The zero-order valence-electron chi connectivity index (χ0n) is 12.3. The predicted molar refractivity (Wildman–Crippen MR) is 83.9 cm³/mol. The summed E-state index contributed by atoms with van der Waals surface area (Å²) in [5.74, 6) is 0.131. The second-order valence-electron chi connectivity index (χ2n) is 4.32. The van der Waals surface area contributed by atoms with Gasteiger partial charge in [0.25, 0.3) is 0 Å². The van der Waals surface area contributed by atoms with Crippen molar-refractivity contribution in [3.8, 4) is 11.5 Å². The van der Waals surface area contributed by atoms with Crippen molar-refractivity contribution >= 4 is 28.0 Å². The minimum Gasteiger partial charge on any atom is -0.490 e. The number of methoxy groups -OCH3 is 1. The molecule has 0 radical (unpaired) electrons. The van der Waals surface area contributed by atoms with Crippen LogP contribution in [0.15, 0.2) is 22.7 Å². The lowest BCUT2D eigenvalue weighted by Crippen LogP contribution is -2.18. The molecule has 1 aromatic carbocycles. The van der Waals surface area contributed by atoms with E-state index in [9.17, 15) is 4.79 Å². The van der Waals surface area contributed by atoms with Crippen LogP contribution in [0.4, 0.5) is 0 Å². The molecule has 1 atom stereocenters. The quantitative estimate of drug-likeness (QED) is 0.721. The van der Waals surface area contributed by atoms with Gasteiger partial charge in [-0.05, 0) is 53.5 Å². The lowest BCUT2D eigenvalue weighted by Gasteiger charge is -2.18. The molecular formula is C15H19BrO5. The molecule has 0 amide bonds. The van der Waals surface area contributed by atoms with Crippen molar-refractivity contribution in [3.63, 3.8) is 0 Å². The maximum atomic E-state index is 10.6. The minimum atomic E-state index is -1.00. The van der Waals surface area contributed by atoms with E-state index in [1.807, 2.05) is 13.8 Å². The first-order valence-electron chi connectivity index (χ1n) is 6.50. The third-order valence-electron chi connectivity index (χ3n) is 2.47. The van der Waals surface area contributed by atoms with Crippen LogP contribution in [0, 0.1) is 0 Å². The molecule has 116 valence electrons. The van der Waals surface area contributed by atoms with Gasteiger partial charge in [-0.2, -0.15) is 0 Å². The zero-order chi connectivity index (χ0) is 15.8. The monoisotopic (exact) mass is 358 g/mol. The number of rotatable bonds is 8. The summed E-state index contributed by atoms with van der Waals surface area (Å²) in [4.78, 5) is 10.6. The molecule has 0 bridgehead atoms. The van der Waals surface area contributed by atoms with Gasteiger partial charge in [-0.1, -0.05) is 0 Å². The molecule has 21 heavy (non-hydrogen) atoms. The summed E-state index contributed by atoms with van der Waals surface area (Å²) < 4.78 is 17.1. The average molecular weight is 359 g/mol. The van der Waals surface area contributed by atoms with Crippen molar-refractivity contribution in [2.75, 3.05) is 20.3 Å². The fourth-order valence-electron chi connectivity index (χ4n) is 1.70. The highest BCUT2D eigenvalue weighted by Crippen LogP contribution is 2.38. The second kappa shape index (κ2) is 8.69. The van der Waals surface area contributed by atoms with Gasteiger partial charge in [-0.15, -0.1) is 0 Å². The Morgan fingerprint density at radius 1 is 1.48 bits per heavy atom. The smallest absolute Gasteiger partial charge is 0.328 e. The Hall–Kier alpha value is -1.53. The number of carboxylic acid groups (broad SMARTS) is 1. The SMILES string of the molecule is CCOc1cc(C=CC(=O)O)cc(Br)c1OC(C)COC. The number of carbonyl (C=O) groups is 1. The van der Waals surface area contributed by atoms with E-state index in [1.54, 1.807) is 19.2 Å². The Morgan fingerprint density at radius 2 is 2.19 bits per heavy atom. The number of halogens is 1. The molecule has 1 N–H and O–H groups in total. The molecule has 0 fully saturated rings. The largest absolute Gasteiger partial charge is 0.490 e. The molecule has 0 aliphatic heterocycles. The summed E-state index contributed by atoms with van der Waals surface area (Å²) in [6, 6.07) is 3.51. The van der Waals surface area contributed by atoms with Crippen molar-refractivity contribution in [1.82, 2.24) is 0 Å². The van der Waals surface area contributed by atoms with Gasteiger partial charge in [0.2, 0.25) is 0 Å². The van der Waals surface area contributed by atoms with E-state index in [4.69, 9.17) is 19.3 Å². The van der Waals surface area contributed by atoms with Gasteiger partial charge in [-0.3, -0.25) is 0 Å². The summed E-state index contributed by atoms with van der Waals surface area (Å²) in [6.45, 7) is 4.70. The van der Waals surface area contributed by atoms with Gasteiger partial charge in [-0.25, -0.2) is 4.79 Å². The van der Waals surface area contributed by atoms with Gasteiger partial charge in [0.15, 0.2) is 11.5 Å². The Balaban J connectivity index is 3.09. The highest BCUT2D eigenvalue weighted by molar-refractivity contribution is 9.10. The van der Waals surface area contributed by atoms with E-state index < -0.39 is 5.97 Å². The third kappa shape index (κ3) is 5.77. The van der Waals surface area contributed by atoms with Crippen molar-refractivity contribution in [2.24, 2.45) is 0 Å². The Bertz CT molecular complexity index is 513. The maximum absolute atomic E-state index is 10.6. The average Bonchev–Trinajstić information content (AvgIpc) is 2.41. The van der Waals surface area contributed by atoms with Crippen LogP contribution in [-0.4, -0.2) is 37.5 Å². The zero-order valence-corrected chi connectivity index (χ0v) is 13.8. The highest BCUT2D eigenvalue weighted by Gasteiger charge is 2.14.